The third-order valence-electron chi connectivity index (χ3n) is 2.48. The summed E-state index contributed by atoms with van der Waals surface area (Å²) in [6.07, 6.45) is 3.24. The van der Waals surface area contributed by atoms with E-state index in [1.807, 2.05) is 13.1 Å². The molecule has 17 heavy (non-hydrogen) atoms. The summed E-state index contributed by atoms with van der Waals surface area (Å²) in [5, 5.41) is 3.90. The largest absolute Gasteiger partial charge is 0.440 e. The normalized spacial score (nSPS) is 12.6. The van der Waals surface area contributed by atoms with Gasteiger partial charge >= 0.3 is 0 Å². The number of hydrogen-bond acceptors (Lipinski definition) is 4. The van der Waals surface area contributed by atoms with Crippen molar-refractivity contribution in [1.29, 1.82) is 0 Å². The summed E-state index contributed by atoms with van der Waals surface area (Å²) in [5.74, 6) is 0. The van der Waals surface area contributed by atoms with Gasteiger partial charge in [0.25, 0.3) is 5.22 Å². The lowest BCUT2D eigenvalue weighted by atomic mass is 10.1. The molecule has 0 saturated carbocycles. The second kappa shape index (κ2) is 5.71. The molecule has 0 spiro atoms. The van der Waals surface area contributed by atoms with Gasteiger partial charge in [0, 0.05) is 15.4 Å². The van der Waals surface area contributed by atoms with Crippen molar-refractivity contribution in [3.8, 4) is 0 Å². The minimum Gasteiger partial charge on any atom is -0.440 e. The highest BCUT2D eigenvalue weighted by Gasteiger charge is 2.12. The fourth-order valence-corrected chi connectivity index (χ4v) is 2.93. The van der Waals surface area contributed by atoms with Crippen molar-refractivity contribution in [2.75, 3.05) is 7.05 Å². The lowest BCUT2D eigenvalue weighted by Crippen LogP contribution is -2.13. The molecule has 3 nitrogen and oxygen atoms in total. The second-order valence-electron chi connectivity index (χ2n) is 3.59. The molecule has 90 valence electrons. The van der Waals surface area contributed by atoms with Crippen LogP contribution in [0.1, 0.15) is 18.5 Å². The highest BCUT2D eigenvalue weighted by molar-refractivity contribution is 9.10. The second-order valence-corrected chi connectivity index (χ2v) is 5.50. The van der Waals surface area contributed by atoms with Gasteiger partial charge < -0.3 is 9.73 Å². The fraction of sp³-hybridized carbons (Fsp3) is 0.250. The van der Waals surface area contributed by atoms with Gasteiger partial charge in [-0.3, -0.25) is 0 Å². The Labute approximate surface area is 113 Å². The maximum atomic E-state index is 5.26. The van der Waals surface area contributed by atoms with Gasteiger partial charge in [0.05, 0.1) is 6.20 Å². The van der Waals surface area contributed by atoms with E-state index in [-0.39, 0.29) is 0 Å². The summed E-state index contributed by atoms with van der Waals surface area (Å²) in [7, 11) is 1.95. The molecule has 1 atom stereocenters. The van der Waals surface area contributed by atoms with E-state index in [4.69, 9.17) is 4.42 Å². The lowest BCUT2D eigenvalue weighted by Gasteiger charge is -2.14. The Kier molecular flexibility index (Phi) is 4.25. The summed E-state index contributed by atoms with van der Waals surface area (Å²) in [4.78, 5) is 5.27. The van der Waals surface area contributed by atoms with Crippen LogP contribution >= 0.6 is 27.7 Å². The fourth-order valence-electron chi connectivity index (χ4n) is 1.46. The predicted octanol–water partition coefficient (Wildman–Crippen LogP) is 3.87. The van der Waals surface area contributed by atoms with E-state index < -0.39 is 0 Å². The van der Waals surface area contributed by atoms with Gasteiger partial charge in [-0.25, -0.2) is 4.98 Å². The number of nitrogens with zero attached hydrogens (tertiary/aromatic N) is 1. The van der Waals surface area contributed by atoms with Crippen molar-refractivity contribution in [1.82, 2.24) is 10.3 Å². The van der Waals surface area contributed by atoms with Crippen LogP contribution < -0.4 is 5.32 Å². The topological polar surface area (TPSA) is 38.1 Å². The predicted molar refractivity (Wildman–Crippen MR) is 72.2 cm³/mol. The molecule has 0 amide bonds. The Morgan fingerprint density at radius 3 is 2.94 bits per heavy atom. The monoisotopic (exact) mass is 312 g/mol. The minimum atomic E-state index is 0.292. The first-order chi connectivity index (χ1) is 8.20. The van der Waals surface area contributed by atoms with Crippen molar-refractivity contribution in [2.45, 2.75) is 23.1 Å². The van der Waals surface area contributed by atoms with Gasteiger partial charge in [0.1, 0.15) is 6.26 Å². The summed E-state index contributed by atoms with van der Waals surface area (Å²) >= 11 is 5.02. The van der Waals surface area contributed by atoms with Gasteiger partial charge in [-0.1, -0.05) is 22.0 Å². The Morgan fingerprint density at radius 1 is 1.47 bits per heavy atom. The van der Waals surface area contributed by atoms with Crippen LogP contribution in [0, 0.1) is 0 Å². The SMILES string of the molecule is CNC(C)c1ccc(Br)cc1Sc1ncco1. The van der Waals surface area contributed by atoms with Crippen molar-refractivity contribution in [3.63, 3.8) is 0 Å². The van der Waals surface area contributed by atoms with Crippen LogP contribution in [0.15, 0.2) is 49.7 Å². The highest BCUT2D eigenvalue weighted by atomic mass is 79.9. The molecular formula is C12H13BrN2OS. The van der Waals surface area contributed by atoms with E-state index >= 15 is 0 Å². The molecule has 1 N–H and O–H groups in total. The van der Waals surface area contributed by atoms with Crippen LogP contribution in [-0.2, 0) is 0 Å². The Balaban J connectivity index is 2.33. The summed E-state index contributed by atoms with van der Waals surface area (Å²) in [5.41, 5.74) is 1.24. The summed E-state index contributed by atoms with van der Waals surface area (Å²) < 4.78 is 6.32. The Morgan fingerprint density at radius 2 is 2.29 bits per heavy atom. The molecule has 1 aromatic heterocycles. The van der Waals surface area contributed by atoms with E-state index in [0.717, 1.165) is 9.37 Å². The van der Waals surface area contributed by atoms with Gasteiger partial charge in [0.15, 0.2) is 0 Å². The molecule has 0 aliphatic heterocycles. The Hall–Kier alpha value is -0.780. The zero-order valence-electron chi connectivity index (χ0n) is 9.61. The third-order valence-corrected chi connectivity index (χ3v) is 3.93. The lowest BCUT2D eigenvalue weighted by molar-refractivity contribution is 0.454. The molecule has 0 fully saturated rings. The first-order valence-electron chi connectivity index (χ1n) is 5.24. The number of oxazole rings is 1. The van der Waals surface area contributed by atoms with Gasteiger partial charge in [0.2, 0.25) is 0 Å². The van der Waals surface area contributed by atoms with Crippen molar-refractivity contribution in [3.05, 3.63) is 40.7 Å². The zero-order chi connectivity index (χ0) is 12.3. The van der Waals surface area contributed by atoms with Gasteiger partial charge in [-0.15, -0.1) is 0 Å². The summed E-state index contributed by atoms with van der Waals surface area (Å²) in [6, 6.07) is 6.53. The molecule has 0 radical (unpaired) electrons. The molecule has 0 aliphatic carbocycles. The average molecular weight is 313 g/mol. The van der Waals surface area contributed by atoms with Crippen LogP contribution in [0.5, 0.6) is 0 Å². The van der Waals surface area contributed by atoms with Crippen molar-refractivity contribution < 1.29 is 4.42 Å². The minimum absolute atomic E-state index is 0.292. The zero-order valence-corrected chi connectivity index (χ0v) is 12.0. The number of hydrogen-bond donors (Lipinski definition) is 1. The summed E-state index contributed by atoms with van der Waals surface area (Å²) in [6.45, 7) is 2.13. The Bertz CT molecular complexity index is 487. The van der Waals surface area contributed by atoms with Crippen LogP contribution in [-0.4, -0.2) is 12.0 Å². The van der Waals surface area contributed by atoms with E-state index in [1.54, 1.807) is 12.5 Å². The molecule has 5 heteroatoms. The van der Waals surface area contributed by atoms with Crippen LogP contribution in [0.25, 0.3) is 0 Å². The van der Waals surface area contributed by atoms with Gasteiger partial charge in [-0.2, -0.15) is 0 Å². The molecule has 2 aromatic rings. The molecule has 1 unspecified atom stereocenters. The van der Waals surface area contributed by atoms with E-state index in [9.17, 15) is 0 Å². The molecular weight excluding hydrogens is 300 g/mol. The smallest absolute Gasteiger partial charge is 0.260 e. The van der Waals surface area contributed by atoms with Crippen LogP contribution in [0.3, 0.4) is 0 Å². The standard InChI is InChI=1S/C12H13BrN2OS/c1-8(14-2)10-4-3-9(13)7-11(10)17-12-15-5-6-16-12/h3-8,14H,1-2H3. The molecule has 0 saturated heterocycles. The van der Waals surface area contributed by atoms with Gasteiger partial charge in [-0.05, 0) is 43.4 Å². The van der Waals surface area contributed by atoms with E-state index in [1.165, 1.54) is 17.3 Å². The molecule has 2 rings (SSSR count). The maximum Gasteiger partial charge on any atom is 0.260 e. The number of rotatable bonds is 4. The third kappa shape index (κ3) is 3.12. The van der Waals surface area contributed by atoms with E-state index in [0.29, 0.717) is 11.3 Å². The molecule has 0 bridgehead atoms. The molecule has 1 aromatic carbocycles. The van der Waals surface area contributed by atoms with Crippen LogP contribution in [0.2, 0.25) is 0 Å². The number of halogens is 1. The first kappa shape index (κ1) is 12.7. The number of benzene rings is 1. The van der Waals surface area contributed by atoms with E-state index in [2.05, 4.69) is 45.3 Å². The average Bonchev–Trinajstić information content (AvgIpc) is 2.81. The van der Waals surface area contributed by atoms with Crippen molar-refractivity contribution in [2.24, 2.45) is 0 Å². The van der Waals surface area contributed by atoms with Crippen molar-refractivity contribution >= 4 is 27.7 Å². The molecule has 0 aliphatic rings. The number of nitrogens with one attached hydrogen (secondary N) is 1. The maximum absolute atomic E-state index is 5.26. The first-order valence-corrected chi connectivity index (χ1v) is 6.85. The molecule has 1 heterocycles. The highest BCUT2D eigenvalue weighted by Crippen LogP contribution is 2.34. The van der Waals surface area contributed by atoms with Crippen LogP contribution in [0.4, 0.5) is 0 Å². The quantitative estimate of drug-likeness (QED) is 0.930. The number of aromatic nitrogens is 1.